The fraction of sp³-hybridized carbons (Fsp3) is 0.865. The van der Waals surface area contributed by atoms with Gasteiger partial charge in [-0.25, -0.2) is 4.79 Å². The highest BCUT2D eigenvalue weighted by Crippen LogP contribution is 2.23. The third-order valence-electron chi connectivity index (χ3n) is 8.77. The monoisotopic (exact) mass is 639 g/mol. The van der Waals surface area contributed by atoms with Crippen LogP contribution in [-0.4, -0.2) is 45.2 Å². The van der Waals surface area contributed by atoms with E-state index in [1.807, 2.05) is 0 Å². The molecule has 258 valence electrons. The Hall–Kier alpha value is -1.26. The highest BCUT2D eigenvalue weighted by atomic mass is 31.0. The van der Waals surface area contributed by atoms with E-state index in [9.17, 15) is 24.6 Å². The predicted molar refractivity (Wildman–Crippen MR) is 189 cm³/mol. The van der Waals surface area contributed by atoms with Crippen molar-refractivity contribution in [1.29, 1.82) is 0 Å². The fourth-order valence-corrected chi connectivity index (χ4v) is 6.18. The Kier molecular flexibility index (Phi) is 30.8. The maximum Gasteiger partial charge on any atom is 0.329 e. The standard InChI is InChI=1S/C37H70NO5P/c1-3-5-7-9-11-13-15-17-19-20-22-24-26-28-30-33(36(41)38(44)34(32-39)37(42)43)35(40)31-29-27-25-23-21-18-16-14-12-10-8-6-4-2/h17,19,33-34,39H,3-16,18,20-32,44H2,1-2H3,(H,42,43). The molecule has 0 saturated carbocycles. The number of aliphatic carboxylic acids is 1. The second kappa shape index (κ2) is 31.7. The summed E-state index contributed by atoms with van der Waals surface area (Å²) in [5.74, 6) is -2.71. The Morgan fingerprint density at radius 2 is 1.00 bits per heavy atom. The highest BCUT2D eigenvalue weighted by molar-refractivity contribution is 7.14. The van der Waals surface area contributed by atoms with E-state index in [4.69, 9.17) is 0 Å². The zero-order valence-corrected chi connectivity index (χ0v) is 29.9. The van der Waals surface area contributed by atoms with E-state index in [1.54, 1.807) is 0 Å². The molecule has 0 spiro atoms. The summed E-state index contributed by atoms with van der Waals surface area (Å²) < 4.78 is 0.976. The van der Waals surface area contributed by atoms with Crippen LogP contribution in [0.1, 0.15) is 187 Å². The van der Waals surface area contributed by atoms with Crippen LogP contribution in [0.2, 0.25) is 0 Å². The zero-order valence-electron chi connectivity index (χ0n) is 28.8. The SMILES string of the molecule is CCCCCCCCC=CCCCCCCC(C(=O)CCCCCCCCCCCCCCC)C(=O)N(P)C(CO)C(=O)O. The molecule has 0 radical (unpaired) electrons. The number of carboxylic acid groups (broad SMARTS) is 1. The number of aliphatic hydroxyl groups is 1. The average Bonchev–Trinajstić information content (AvgIpc) is 3.01. The molecule has 0 bridgehead atoms. The summed E-state index contributed by atoms with van der Waals surface area (Å²) in [7, 11) is 2.13. The van der Waals surface area contributed by atoms with Crippen LogP contribution in [0.25, 0.3) is 0 Å². The Labute approximate surface area is 273 Å². The number of carboxylic acids is 1. The maximum absolute atomic E-state index is 13.2. The van der Waals surface area contributed by atoms with Crippen LogP contribution in [0.5, 0.6) is 0 Å². The number of allylic oxidation sites excluding steroid dienone is 2. The predicted octanol–water partition coefficient (Wildman–Crippen LogP) is 10.4. The number of aliphatic hydroxyl groups excluding tert-OH is 1. The van der Waals surface area contributed by atoms with Gasteiger partial charge in [-0.15, -0.1) is 0 Å². The molecule has 0 aliphatic rings. The van der Waals surface area contributed by atoms with Gasteiger partial charge >= 0.3 is 5.97 Å². The summed E-state index contributed by atoms with van der Waals surface area (Å²) in [6, 6.07) is -1.36. The van der Waals surface area contributed by atoms with E-state index < -0.39 is 30.4 Å². The lowest BCUT2D eigenvalue weighted by Gasteiger charge is -2.27. The van der Waals surface area contributed by atoms with Gasteiger partial charge in [0.2, 0.25) is 5.91 Å². The number of amides is 1. The lowest BCUT2D eigenvalue weighted by Crippen LogP contribution is -2.45. The molecule has 0 aromatic rings. The Morgan fingerprint density at radius 3 is 1.41 bits per heavy atom. The summed E-state index contributed by atoms with van der Waals surface area (Å²) in [4.78, 5) is 37.9. The molecule has 3 unspecified atom stereocenters. The van der Waals surface area contributed by atoms with E-state index in [2.05, 4.69) is 35.4 Å². The molecule has 0 rings (SSSR count). The fourth-order valence-electron chi connectivity index (χ4n) is 5.77. The smallest absolute Gasteiger partial charge is 0.329 e. The van der Waals surface area contributed by atoms with Gasteiger partial charge in [-0.2, -0.15) is 0 Å². The topological polar surface area (TPSA) is 94.9 Å². The molecule has 0 aromatic carbocycles. The zero-order chi connectivity index (χ0) is 32.7. The molecular weight excluding hydrogens is 569 g/mol. The van der Waals surface area contributed by atoms with Crippen LogP contribution in [0.4, 0.5) is 0 Å². The Bertz CT molecular complexity index is 729. The number of nitrogens with zero attached hydrogens (tertiary/aromatic N) is 1. The van der Waals surface area contributed by atoms with Crippen LogP contribution >= 0.6 is 9.39 Å². The van der Waals surface area contributed by atoms with Crippen LogP contribution in [0, 0.1) is 5.92 Å². The first-order chi connectivity index (χ1) is 21.4. The minimum absolute atomic E-state index is 0.0924. The molecule has 0 fully saturated rings. The number of hydrogen-bond donors (Lipinski definition) is 2. The average molecular weight is 640 g/mol. The van der Waals surface area contributed by atoms with Crippen molar-refractivity contribution in [2.24, 2.45) is 5.92 Å². The molecule has 0 saturated heterocycles. The molecule has 0 aliphatic heterocycles. The van der Waals surface area contributed by atoms with Gasteiger partial charge in [0.15, 0.2) is 6.04 Å². The maximum atomic E-state index is 13.2. The van der Waals surface area contributed by atoms with Crippen molar-refractivity contribution in [3.63, 3.8) is 0 Å². The van der Waals surface area contributed by atoms with Gasteiger partial charge in [-0.1, -0.05) is 154 Å². The quantitative estimate of drug-likeness (QED) is 0.0322. The van der Waals surface area contributed by atoms with Gasteiger partial charge < -0.3 is 14.9 Å². The molecule has 0 aliphatic carbocycles. The number of unbranched alkanes of at least 4 members (excludes halogenated alkanes) is 22. The van der Waals surface area contributed by atoms with Crippen molar-refractivity contribution in [2.75, 3.05) is 6.61 Å². The van der Waals surface area contributed by atoms with Crippen LogP contribution < -0.4 is 0 Å². The van der Waals surface area contributed by atoms with E-state index >= 15 is 0 Å². The molecule has 7 heteroatoms. The summed E-state index contributed by atoms with van der Waals surface area (Å²) in [6.07, 6.45) is 35.4. The summed E-state index contributed by atoms with van der Waals surface area (Å²) >= 11 is 0. The molecule has 44 heavy (non-hydrogen) atoms. The lowest BCUT2D eigenvalue weighted by molar-refractivity contribution is -0.150. The van der Waals surface area contributed by atoms with Crippen molar-refractivity contribution >= 4 is 27.1 Å². The van der Waals surface area contributed by atoms with Gasteiger partial charge in [0, 0.05) is 6.42 Å². The third kappa shape index (κ3) is 24.0. The normalized spacial score (nSPS) is 12.9. The van der Waals surface area contributed by atoms with Gasteiger partial charge in [0.25, 0.3) is 0 Å². The highest BCUT2D eigenvalue weighted by Gasteiger charge is 2.34. The summed E-state index contributed by atoms with van der Waals surface area (Å²) in [6.45, 7) is 3.81. The first-order valence-electron chi connectivity index (χ1n) is 18.5. The summed E-state index contributed by atoms with van der Waals surface area (Å²) in [5, 5.41) is 18.9. The first-order valence-corrected chi connectivity index (χ1v) is 19.0. The molecular formula is C37H70NO5P. The van der Waals surface area contributed by atoms with Gasteiger partial charge in [-0.3, -0.25) is 9.59 Å². The second-order valence-corrected chi connectivity index (χ2v) is 13.4. The molecule has 3 atom stereocenters. The van der Waals surface area contributed by atoms with E-state index in [0.717, 1.165) is 62.5 Å². The number of carbonyl (C=O) groups excluding carboxylic acids is 2. The Balaban J connectivity index is 4.38. The van der Waals surface area contributed by atoms with E-state index in [1.165, 1.54) is 103 Å². The van der Waals surface area contributed by atoms with E-state index in [0.29, 0.717) is 12.8 Å². The van der Waals surface area contributed by atoms with E-state index in [-0.39, 0.29) is 5.78 Å². The minimum Gasteiger partial charge on any atom is -0.480 e. The number of rotatable bonds is 33. The summed E-state index contributed by atoms with van der Waals surface area (Å²) in [5.41, 5.74) is 0. The van der Waals surface area contributed by atoms with Gasteiger partial charge in [0.05, 0.1) is 12.5 Å². The van der Waals surface area contributed by atoms with Crippen molar-refractivity contribution < 1.29 is 24.6 Å². The number of ketones is 1. The first kappa shape index (κ1) is 42.7. The second-order valence-electron chi connectivity index (χ2n) is 12.8. The van der Waals surface area contributed by atoms with Gasteiger partial charge in [0.1, 0.15) is 5.78 Å². The van der Waals surface area contributed by atoms with Crippen molar-refractivity contribution in [3.8, 4) is 0 Å². The Morgan fingerprint density at radius 1 is 0.614 bits per heavy atom. The third-order valence-corrected chi connectivity index (χ3v) is 9.38. The number of carbonyl (C=O) groups is 3. The van der Waals surface area contributed by atoms with Crippen LogP contribution in [-0.2, 0) is 14.4 Å². The van der Waals surface area contributed by atoms with Crippen molar-refractivity contribution in [2.45, 2.75) is 193 Å². The number of hydrogen-bond acceptors (Lipinski definition) is 4. The van der Waals surface area contributed by atoms with Crippen LogP contribution in [0.15, 0.2) is 12.2 Å². The molecule has 2 N–H and O–H groups in total. The van der Waals surface area contributed by atoms with Crippen molar-refractivity contribution in [3.05, 3.63) is 12.2 Å². The minimum atomic E-state index is -1.36. The number of Topliss-reactive ketones (excluding diaryl/α,β-unsaturated/α-hetero) is 1. The molecule has 1 amide bonds. The largest absolute Gasteiger partial charge is 0.480 e. The lowest BCUT2D eigenvalue weighted by atomic mass is 9.91. The molecule has 0 heterocycles. The molecule has 0 aromatic heterocycles. The van der Waals surface area contributed by atoms with Crippen LogP contribution in [0.3, 0.4) is 0 Å². The molecule has 6 nitrogen and oxygen atoms in total. The van der Waals surface area contributed by atoms with Crippen molar-refractivity contribution in [1.82, 2.24) is 4.67 Å². The van der Waals surface area contributed by atoms with Gasteiger partial charge in [-0.05, 0) is 47.9 Å².